The minimum atomic E-state index is -1.10. The highest BCUT2D eigenvalue weighted by Gasteiger charge is 2.52. The predicted molar refractivity (Wildman–Crippen MR) is 126 cm³/mol. The van der Waals surface area contributed by atoms with Crippen molar-refractivity contribution < 1.29 is 13.6 Å². The molecule has 0 amide bonds. The summed E-state index contributed by atoms with van der Waals surface area (Å²) in [5.74, 6) is -0.916. The van der Waals surface area contributed by atoms with E-state index in [1.54, 1.807) is 12.1 Å². The first-order valence-electron chi connectivity index (χ1n) is 11.2. The SMILES string of the molecule is Cc1cc(F)cc(C2(N3CCN(Cc4ccccc4Cl)CC3)Cc3c(F)cccc3C2=O)c1. The van der Waals surface area contributed by atoms with Gasteiger partial charge in [0.1, 0.15) is 17.2 Å². The van der Waals surface area contributed by atoms with E-state index in [1.807, 2.05) is 37.3 Å². The molecule has 0 aromatic heterocycles. The summed E-state index contributed by atoms with van der Waals surface area (Å²) in [6.07, 6.45) is 0.210. The number of ketones is 1. The van der Waals surface area contributed by atoms with E-state index in [-0.39, 0.29) is 23.8 Å². The number of hydrogen-bond donors (Lipinski definition) is 0. The Balaban J connectivity index is 1.48. The van der Waals surface area contributed by atoms with Gasteiger partial charge in [0.25, 0.3) is 0 Å². The van der Waals surface area contributed by atoms with Gasteiger partial charge in [-0.1, -0.05) is 48.0 Å². The standard InChI is InChI=1S/C27H25ClF2N2O/c1-18-13-20(15-21(29)14-18)27(16-23-22(26(27)33)6-4-8-25(23)30)32-11-9-31(10-12-32)17-19-5-2-3-7-24(19)28/h2-8,13-15H,9-12,16-17H2,1H3. The molecule has 0 spiro atoms. The average Bonchev–Trinajstić information content (AvgIpc) is 3.10. The van der Waals surface area contributed by atoms with Gasteiger partial charge in [0.15, 0.2) is 5.78 Å². The van der Waals surface area contributed by atoms with Crippen LogP contribution < -0.4 is 0 Å². The van der Waals surface area contributed by atoms with Gasteiger partial charge in [-0.2, -0.15) is 0 Å². The van der Waals surface area contributed by atoms with Gasteiger partial charge in [-0.15, -0.1) is 0 Å². The third-order valence-electron chi connectivity index (χ3n) is 6.96. The molecule has 3 aromatic carbocycles. The number of piperazine rings is 1. The van der Waals surface area contributed by atoms with Gasteiger partial charge in [-0.3, -0.25) is 14.6 Å². The number of carbonyl (C=O) groups is 1. The molecule has 0 bridgehead atoms. The van der Waals surface area contributed by atoms with Gasteiger partial charge in [-0.05, 0) is 47.9 Å². The molecule has 5 rings (SSSR count). The fourth-order valence-corrected chi connectivity index (χ4v) is 5.51. The minimum Gasteiger partial charge on any atom is -0.296 e. The zero-order valence-corrected chi connectivity index (χ0v) is 19.2. The first-order valence-corrected chi connectivity index (χ1v) is 11.6. The van der Waals surface area contributed by atoms with Gasteiger partial charge in [0.05, 0.1) is 0 Å². The summed E-state index contributed by atoms with van der Waals surface area (Å²) in [4.78, 5) is 18.3. The van der Waals surface area contributed by atoms with Crippen LogP contribution in [0.5, 0.6) is 0 Å². The monoisotopic (exact) mass is 466 g/mol. The van der Waals surface area contributed by atoms with Crippen molar-refractivity contribution in [2.75, 3.05) is 26.2 Å². The molecule has 1 atom stereocenters. The molecule has 0 radical (unpaired) electrons. The Kier molecular flexibility index (Phi) is 5.81. The topological polar surface area (TPSA) is 23.6 Å². The second kappa shape index (κ2) is 8.64. The molecule has 2 aliphatic rings. The number of halogens is 3. The number of fused-ring (bicyclic) bond motifs is 1. The fraction of sp³-hybridized carbons (Fsp3) is 0.296. The summed E-state index contributed by atoms with van der Waals surface area (Å²) in [6.45, 7) is 5.22. The van der Waals surface area contributed by atoms with E-state index in [2.05, 4.69) is 9.80 Å². The smallest absolute Gasteiger partial charge is 0.188 e. The molecule has 0 saturated carbocycles. The van der Waals surface area contributed by atoms with E-state index in [9.17, 15) is 13.6 Å². The van der Waals surface area contributed by atoms with Crippen LogP contribution in [-0.4, -0.2) is 41.8 Å². The maximum atomic E-state index is 14.7. The van der Waals surface area contributed by atoms with E-state index in [4.69, 9.17) is 11.6 Å². The Morgan fingerprint density at radius 3 is 2.42 bits per heavy atom. The van der Waals surface area contributed by atoms with Crippen LogP contribution in [0.1, 0.15) is 32.6 Å². The lowest BCUT2D eigenvalue weighted by molar-refractivity contribution is 0.0286. The lowest BCUT2D eigenvalue weighted by atomic mass is 9.82. The predicted octanol–water partition coefficient (Wildman–Crippen LogP) is 5.38. The molecule has 3 nitrogen and oxygen atoms in total. The molecular formula is C27H25ClF2N2O. The minimum absolute atomic E-state index is 0.151. The van der Waals surface area contributed by atoms with Crippen LogP contribution in [0.25, 0.3) is 0 Å². The summed E-state index contributed by atoms with van der Waals surface area (Å²) < 4.78 is 29.2. The molecular weight excluding hydrogens is 442 g/mol. The average molecular weight is 467 g/mol. The highest BCUT2D eigenvalue weighted by atomic mass is 35.5. The van der Waals surface area contributed by atoms with Crippen LogP contribution in [0.2, 0.25) is 5.02 Å². The Labute approximate surface area is 197 Å². The first kappa shape index (κ1) is 22.2. The summed E-state index contributed by atoms with van der Waals surface area (Å²) in [6, 6.07) is 17.2. The van der Waals surface area contributed by atoms with Crippen LogP contribution in [-0.2, 0) is 18.5 Å². The summed E-state index contributed by atoms with van der Waals surface area (Å²) >= 11 is 6.34. The highest BCUT2D eigenvalue weighted by molar-refractivity contribution is 6.31. The van der Waals surface area contributed by atoms with Crippen LogP contribution in [0, 0.1) is 18.6 Å². The van der Waals surface area contributed by atoms with E-state index >= 15 is 0 Å². The Bertz CT molecular complexity index is 1200. The number of benzene rings is 3. The molecule has 6 heteroatoms. The molecule has 3 aromatic rings. The van der Waals surface area contributed by atoms with Crippen molar-refractivity contribution in [2.45, 2.75) is 25.4 Å². The Morgan fingerprint density at radius 2 is 1.73 bits per heavy atom. The largest absolute Gasteiger partial charge is 0.296 e. The highest BCUT2D eigenvalue weighted by Crippen LogP contribution is 2.44. The number of aryl methyl sites for hydroxylation is 1. The van der Waals surface area contributed by atoms with E-state index in [0.717, 1.165) is 35.8 Å². The molecule has 170 valence electrons. The van der Waals surface area contributed by atoms with Gasteiger partial charge >= 0.3 is 0 Å². The van der Waals surface area contributed by atoms with Gasteiger partial charge in [-0.25, -0.2) is 8.78 Å². The number of carbonyl (C=O) groups excluding carboxylic acids is 1. The number of rotatable bonds is 4. The normalized spacial score (nSPS) is 21.4. The third-order valence-corrected chi connectivity index (χ3v) is 7.32. The van der Waals surface area contributed by atoms with Gasteiger partial charge in [0, 0.05) is 55.3 Å². The van der Waals surface area contributed by atoms with E-state index < -0.39 is 5.54 Å². The number of nitrogens with zero attached hydrogens (tertiary/aromatic N) is 2. The lowest BCUT2D eigenvalue weighted by Gasteiger charge is -2.45. The van der Waals surface area contributed by atoms with Crippen molar-refractivity contribution in [2.24, 2.45) is 0 Å². The van der Waals surface area contributed by atoms with Gasteiger partial charge < -0.3 is 0 Å². The number of hydrogen-bond acceptors (Lipinski definition) is 3. The molecule has 1 aliphatic heterocycles. The van der Waals surface area contributed by atoms with E-state index in [0.29, 0.717) is 29.8 Å². The molecule has 33 heavy (non-hydrogen) atoms. The molecule has 1 unspecified atom stereocenters. The molecule has 1 fully saturated rings. The van der Waals surface area contributed by atoms with Crippen molar-refractivity contribution >= 4 is 17.4 Å². The number of Topliss-reactive ketones (excluding diaryl/α,β-unsaturated/α-hetero) is 1. The maximum Gasteiger partial charge on any atom is 0.188 e. The van der Waals surface area contributed by atoms with E-state index in [1.165, 1.54) is 18.2 Å². The van der Waals surface area contributed by atoms with Crippen molar-refractivity contribution in [3.63, 3.8) is 0 Å². The van der Waals surface area contributed by atoms with Crippen molar-refractivity contribution in [3.8, 4) is 0 Å². The van der Waals surface area contributed by atoms with Gasteiger partial charge in [0.2, 0.25) is 0 Å². The van der Waals surface area contributed by atoms with Crippen LogP contribution in [0.3, 0.4) is 0 Å². The summed E-state index contributed by atoms with van der Waals surface area (Å²) in [5, 5.41) is 0.739. The summed E-state index contributed by atoms with van der Waals surface area (Å²) in [5.41, 5.74) is 2.12. The molecule has 1 aliphatic carbocycles. The second-order valence-electron chi connectivity index (χ2n) is 9.00. The van der Waals surface area contributed by atoms with Crippen molar-refractivity contribution in [3.05, 3.63) is 105 Å². The van der Waals surface area contributed by atoms with Crippen LogP contribution >= 0.6 is 11.6 Å². The quantitative estimate of drug-likeness (QED) is 0.516. The van der Waals surface area contributed by atoms with Crippen molar-refractivity contribution in [1.29, 1.82) is 0 Å². The molecule has 1 heterocycles. The second-order valence-corrected chi connectivity index (χ2v) is 9.41. The first-order chi connectivity index (χ1) is 15.9. The zero-order chi connectivity index (χ0) is 23.2. The lowest BCUT2D eigenvalue weighted by Crippen LogP contribution is -2.58. The fourth-order valence-electron chi connectivity index (χ4n) is 5.31. The molecule has 1 saturated heterocycles. The third kappa shape index (κ3) is 3.88. The Morgan fingerprint density at radius 1 is 0.970 bits per heavy atom. The van der Waals surface area contributed by atoms with Crippen LogP contribution in [0.15, 0.2) is 60.7 Å². The van der Waals surface area contributed by atoms with Crippen molar-refractivity contribution in [1.82, 2.24) is 9.80 Å². The zero-order valence-electron chi connectivity index (χ0n) is 18.5. The molecule has 0 N–H and O–H groups in total. The van der Waals surface area contributed by atoms with Crippen LogP contribution in [0.4, 0.5) is 8.78 Å². The maximum absolute atomic E-state index is 14.7. The summed E-state index contributed by atoms with van der Waals surface area (Å²) in [7, 11) is 0. The Hall–Kier alpha value is -2.60.